The molecule has 0 aliphatic heterocycles. The second-order valence-corrected chi connectivity index (χ2v) is 3.19. The van der Waals surface area contributed by atoms with Gasteiger partial charge in [0, 0.05) is 6.16 Å². The zero-order valence-corrected chi connectivity index (χ0v) is 5.37. The van der Waals surface area contributed by atoms with Crippen LogP contribution >= 0.6 is 7.80 Å². The molecule has 0 fully saturated rings. The molecule has 4 heteroatoms. The highest BCUT2D eigenvalue weighted by Crippen LogP contribution is 2.22. The fourth-order valence-corrected chi connectivity index (χ4v) is 0.743. The van der Waals surface area contributed by atoms with Crippen LogP contribution in [-0.4, -0.2) is 22.4 Å². The van der Waals surface area contributed by atoms with Crippen LogP contribution in [0.25, 0.3) is 0 Å². The Hall–Kier alpha value is -0.110. The first-order chi connectivity index (χ1) is 3.68. The van der Waals surface area contributed by atoms with Crippen molar-refractivity contribution in [2.75, 3.05) is 6.16 Å². The van der Waals surface area contributed by atoms with Crippen LogP contribution in [0.5, 0.6) is 0 Å². The lowest BCUT2D eigenvalue weighted by Crippen LogP contribution is -1.97. The van der Waals surface area contributed by atoms with Crippen molar-refractivity contribution in [3.8, 4) is 0 Å². The van der Waals surface area contributed by atoms with Crippen LogP contribution in [0.15, 0.2) is 12.7 Å². The smallest absolute Gasteiger partial charge is 0.203 e. The van der Waals surface area contributed by atoms with Crippen molar-refractivity contribution in [1.82, 2.24) is 0 Å². The summed E-state index contributed by atoms with van der Waals surface area (Å²) in [6.07, 6.45) is 1.60. The lowest BCUT2D eigenvalue weighted by Gasteiger charge is -1.97. The Morgan fingerprint density at radius 3 is 2.38 bits per heavy atom. The van der Waals surface area contributed by atoms with Crippen LogP contribution in [0.4, 0.5) is 0 Å². The third kappa shape index (κ3) is 2.97. The summed E-state index contributed by atoms with van der Waals surface area (Å²) in [7, 11) is -2.21. The van der Waals surface area contributed by atoms with Crippen molar-refractivity contribution in [1.29, 1.82) is 0 Å². The van der Waals surface area contributed by atoms with E-state index in [0.717, 1.165) is 0 Å². The third-order valence-electron chi connectivity index (χ3n) is 0.634. The lowest BCUT2D eigenvalue weighted by molar-refractivity contribution is 0.0323. The molecule has 0 aromatic carbocycles. The zero-order chi connectivity index (χ0) is 6.57. The number of aliphatic hydroxyl groups excluding tert-OH is 1. The first kappa shape index (κ1) is 7.89. The third-order valence-corrected chi connectivity index (χ3v) is 1.90. The molecule has 0 aliphatic carbocycles. The predicted octanol–water partition coefficient (Wildman–Crippen LogP) is 0.000300. The maximum absolute atomic E-state index is 10.4. The van der Waals surface area contributed by atoms with Crippen molar-refractivity contribution in [3.63, 3.8) is 0 Å². The van der Waals surface area contributed by atoms with Gasteiger partial charge in [0.15, 0.2) is 0 Å². The molecule has 0 heterocycles. The largest absolute Gasteiger partial charge is 0.362 e. The van der Waals surface area contributed by atoms with E-state index in [1.54, 1.807) is 0 Å². The first-order valence-electron chi connectivity index (χ1n) is 2.18. The molecule has 0 spiro atoms. The molecule has 1 atom stereocenters. The Kier molecular flexibility index (Phi) is 3.79. The van der Waals surface area contributed by atoms with E-state index in [1.165, 1.54) is 6.08 Å². The molecule has 1 unspecified atom stereocenters. The molecule has 48 valence electrons. The van der Waals surface area contributed by atoms with E-state index < -0.39 is 13.8 Å². The van der Waals surface area contributed by atoms with E-state index in [-0.39, 0.29) is 6.16 Å². The molecule has 3 nitrogen and oxygen atoms in total. The molecule has 0 aliphatic rings. The second kappa shape index (κ2) is 3.84. The van der Waals surface area contributed by atoms with E-state index in [1.807, 2.05) is 0 Å². The zero-order valence-electron chi connectivity index (χ0n) is 4.37. The minimum atomic E-state index is -2.21. The van der Waals surface area contributed by atoms with Gasteiger partial charge in [-0.05, 0) is 0 Å². The molecular weight excluding hydrogens is 127 g/mol. The first-order valence-corrected chi connectivity index (χ1v) is 3.87. The number of rotatable bonds is 3. The van der Waals surface area contributed by atoms with Crippen molar-refractivity contribution >= 4 is 7.80 Å². The quantitative estimate of drug-likeness (QED) is 0.326. The van der Waals surface area contributed by atoms with E-state index >= 15 is 0 Å². The standard InChI is InChI=1S/C4H9O3P/c1-2-3-8(7)4(5)6/h2,4-6,8H,1,3H2. The summed E-state index contributed by atoms with van der Waals surface area (Å²) in [4.78, 5) is 0. The topological polar surface area (TPSA) is 57.5 Å². The van der Waals surface area contributed by atoms with Gasteiger partial charge in [-0.1, -0.05) is 6.08 Å². The summed E-state index contributed by atoms with van der Waals surface area (Å²) < 4.78 is 10.4. The van der Waals surface area contributed by atoms with Crippen molar-refractivity contribution in [2.24, 2.45) is 0 Å². The summed E-state index contributed by atoms with van der Waals surface area (Å²) in [6.45, 7) is 3.29. The van der Waals surface area contributed by atoms with Gasteiger partial charge in [-0.15, -0.1) is 6.58 Å². The minimum Gasteiger partial charge on any atom is -0.362 e. The Balaban J connectivity index is 3.48. The lowest BCUT2D eigenvalue weighted by atomic mass is 10.8. The summed E-state index contributed by atoms with van der Waals surface area (Å²) in [5.74, 6) is 0. The predicted molar refractivity (Wildman–Crippen MR) is 32.3 cm³/mol. The Labute approximate surface area is 48.4 Å². The highest BCUT2D eigenvalue weighted by molar-refractivity contribution is 7.45. The van der Waals surface area contributed by atoms with Crippen LogP contribution in [0, 0.1) is 0 Å². The summed E-state index contributed by atoms with van der Waals surface area (Å²) >= 11 is 0. The van der Waals surface area contributed by atoms with Gasteiger partial charge in [0.05, 0.1) is 0 Å². The van der Waals surface area contributed by atoms with Gasteiger partial charge in [-0.25, -0.2) is 0 Å². The van der Waals surface area contributed by atoms with Gasteiger partial charge in [0.1, 0.15) is 7.80 Å². The Bertz CT molecular complexity index is 99.5. The highest BCUT2D eigenvalue weighted by Gasteiger charge is 2.03. The van der Waals surface area contributed by atoms with Crippen LogP contribution < -0.4 is 0 Å². The molecular formula is C4H9O3P. The SMILES string of the molecule is C=CC[PH](=O)C(O)O. The van der Waals surface area contributed by atoms with Gasteiger partial charge < -0.3 is 14.8 Å². The molecule has 2 N–H and O–H groups in total. The number of allylic oxidation sites excluding steroid dienone is 1. The molecule has 0 radical (unpaired) electrons. The monoisotopic (exact) mass is 136 g/mol. The van der Waals surface area contributed by atoms with Crippen LogP contribution in [0.1, 0.15) is 0 Å². The highest BCUT2D eigenvalue weighted by atomic mass is 31.1. The van der Waals surface area contributed by atoms with E-state index in [4.69, 9.17) is 10.2 Å². The van der Waals surface area contributed by atoms with Gasteiger partial charge in [0.2, 0.25) is 6.03 Å². The van der Waals surface area contributed by atoms with Crippen molar-refractivity contribution in [3.05, 3.63) is 12.7 Å². The normalized spacial score (nSPS) is 13.9. The molecule has 0 aromatic heterocycles. The minimum absolute atomic E-state index is 0.197. The maximum atomic E-state index is 10.4. The van der Waals surface area contributed by atoms with Crippen molar-refractivity contribution < 1.29 is 14.8 Å². The average Bonchev–Trinajstić information content (AvgIpc) is 1.67. The molecule has 0 aromatic rings. The molecule has 8 heavy (non-hydrogen) atoms. The molecule has 0 saturated carbocycles. The molecule has 0 bridgehead atoms. The second-order valence-electron chi connectivity index (χ2n) is 1.33. The van der Waals surface area contributed by atoms with Crippen LogP contribution in [-0.2, 0) is 4.57 Å². The van der Waals surface area contributed by atoms with Crippen molar-refractivity contribution in [2.45, 2.75) is 6.03 Å². The van der Waals surface area contributed by atoms with Gasteiger partial charge in [-0.2, -0.15) is 0 Å². The van der Waals surface area contributed by atoms with Gasteiger partial charge in [-0.3, -0.25) is 0 Å². The average molecular weight is 136 g/mol. The Morgan fingerprint density at radius 2 is 2.25 bits per heavy atom. The maximum Gasteiger partial charge on any atom is 0.203 e. The summed E-state index contributed by atoms with van der Waals surface area (Å²) in [6, 6.07) is -1.65. The number of aliphatic hydroxyl groups is 2. The summed E-state index contributed by atoms with van der Waals surface area (Å²) in [5.41, 5.74) is 0. The number of hydrogen-bond acceptors (Lipinski definition) is 3. The fraction of sp³-hybridized carbons (Fsp3) is 0.500. The number of hydrogen-bond donors (Lipinski definition) is 2. The summed E-state index contributed by atoms with van der Waals surface area (Å²) in [5, 5.41) is 16.4. The van der Waals surface area contributed by atoms with Gasteiger partial charge in [0.25, 0.3) is 0 Å². The van der Waals surface area contributed by atoms with Crippen LogP contribution in [0.3, 0.4) is 0 Å². The van der Waals surface area contributed by atoms with E-state index in [2.05, 4.69) is 6.58 Å². The van der Waals surface area contributed by atoms with E-state index in [0.29, 0.717) is 0 Å². The van der Waals surface area contributed by atoms with Gasteiger partial charge >= 0.3 is 0 Å². The molecule has 0 amide bonds. The van der Waals surface area contributed by atoms with E-state index in [9.17, 15) is 4.57 Å². The molecule has 0 saturated heterocycles. The molecule has 0 rings (SSSR count). The Morgan fingerprint density at radius 1 is 1.75 bits per heavy atom. The van der Waals surface area contributed by atoms with Crippen LogP contribution in [0.2, 0.25) is 0 Å². The fourth-order valence-electron chi connectivity index (χ4n) is 0.248.